The van der Waals surface area contributed by atoms with Gasteiger partial charge in [0.15, 0.2) is 0 Å². The summed E-state index contributed by atoms with van der Waals surface area (Å²) in [7, 11) is 1.67. The van der Waals surface area contributed by atoms with Crippen LogP contribution in [0.3, 0.4) is 0 Å². The third-order valence-electron chi connectivity index (χ3n) is 3.90. The van der Waals surface area contributed by atoms with E-state index in [9.17, 15) is 4.79 Å². The molecular weight excluding hydrogens is 312 g/mol. The molecule has 1 heterocycles. The smallest absolute Gasteiger partial charge is 0.230 e. The molecule has 128 valence electrons. The Hall–Kier alpha value is -1.40. The Morgan fingerprint density at radius 2 is 2.35 bits per heavy atom. The number of nitrogens with one attached hydrogen (secondary N) is 1. The van der Waals surface area contributed by atoms with Crippen molar-refractivity contribution in [2.24, 2.45) is 0 Å². The Morgan fingerprint density at radius 1 is 1.52 bits per heavy atom. The lowest BCUT2D eigenvalue weighted by atomic mass is 10.2. The largest absolute Gasteiger partial charge is 0.497 e. The van der Waals surface area contributed by atoms with E-state index in [-0.39, 0.29) is 12.0 Å². The van der Waals surface area contributed by atoms with Crippen molar-refractivity contribution < 1.29 is 14.3 Å². The molecular formula is C17H26N2O3S. The van der Waals surface area contributed by atoms with E-state index in [1.165, 1.54) is 11.8 Å². The van der Waals surface area contributed by atoms with E-state index < -0.39 is 0 Å². The highest BCUT2D eigenvalue weighted by Crippen LogP contribution is 2.29. The number of amides is 1. The molecule has 0 bridgehead atoms. The van der Waals surface area contributed by atoms with Gasteiger partial charge in [-0.15, -0.1) is 0 Å². The third kappa shape index (κ3) is 5.32. The molecule has 0 radical (unpaired) electrons. The first-order valence-electron chi connectivity index (χ1n) is 7.97. The van der Waals surface area contributed by atoms with Crippen molar-refractivity contribution >= 4 is 17.7 Å². The van der Waals surface area contributed by atoms with Crippen LogP contribution in [0.2, 0.25) is 0 Å². The van der Waals surface area contributed by atoms with Crippen LogP contribution in [0.5, 0.6) is 11.5 Å². The molecule has 1 aliphatic rings. The third-order valence-corrected chi connectivity index (χ3v) is 4.45. The number of rotatable bonds is 7. The van der Waals surface area contributed by atoms with Crippen LogP contribution in [-0.4, -0.2) is 55.7 Å². The standard InChI is InChI=1S/C17H26N2O3S/c1-4-14-11-19(8-7-18-17(20)12-23-3)10-13-9-15(21-2)5-6-16(13)22-14/h5-6,9,14H,4,7-8,10-12H2,1-3H3,(H,18,20). The fourth-order valence-electron chi connectivity index (χ4n) is 2.65. The second-order valence-electron chi connectivity index (χ2n) is 5.64. The highest BCUT2D eigenvalue weighted by Gasteiger charge is 2.22. The fraction of sp³-hybridized carbons (Fsp3) is 0.588. The second-order valence-corrected chi connectivity index (χ2v) is 6.51. The molecule has 0 fully saturated rings. The summed E-state index contributed by atoms with van der Waals surface area (Å²) in [6, 6.07) is 5.96. The molecule has 23 heavy (non-hydrogen) atoms. The van der Waals surface area contributed by atoms with Crippen LogP contribution in [0.4, 0.5) is 0 Å². The molecule has 1 N–H and O–H groups in total. The van der Waals surface area contributed by atoms with E-state index in [1.54, 1.807) is 7.11 Å². The number of hydrogen-bond donors (Lipinski definition) is 1. The number of hydrogen-bond acceptors (Lipinski definition) is 5. The van der Waals surface area contributed by atoms with E-state index in [1.807, 2.05) is 24.5 Å². The summed E-state index contributed by atoms with van der Waals surface area (Å²) in [5, 5.41) is 2.96. The van der Waals surface area contributed by atoms with Gasteiger partial charge in [0, 0.05) is 31.7 Å². The Kier molecular flexibility index (Phi) is 7.05. The monoisotopic (exact) mass is 338 g/mol. The molecule has 1 aromatic rings. The van der Waals surface area contributed by atoms with Crippen molar-refractivity contribution in [3.63, 3.8) is 0 Å². The average molecular weight is 338 g/mol. The molecule has 0 saturated carbocycles. The van der Waals surface area contributed by atoms with Crippen molar-refractivity contribution in [1.29, 1.82) is 0 Å². The summed E-state index contributed by atoms with van der Waals surface area (Å²) < 4.78 is 11.4. The van der Waals surface area contributed by atoms with E-state index in [4.69, 9.17) is 9.47 Å². The normalized spacial score (nSPS) is 17.8. The van der Waals surface area contributed by atoms with Crippen molar-refractivity contribution in [2.45, 2.75) is 26.0 Å². The number of thioether (sulfide) groups is 1. The molecule has 1 atom stereocenters. The van der Waals surface area contributed by atoms with Crippen LogP contribution < -0.4 is 14.8 Å². The first kappa shape index (κ1) is 17.9. The molecule has 1 aromatic carbocycles. The number of fused-ring (bicyclic) bond motifs is 1. The van der Waals surface area contributed by atoms with Crippen LogP contribution >= 0.6 is 11.8 Å². The van der Waals surface area contributed by atoms with E-state index in [2.05, 4.69) is 17.1 Å². The first-order chi connectivity index (χ1) is 11.2. The van der Waals surface area contributed by atoms with E-state index in [0.29, 0.717) is 12.3 Å². The highest BCUT2D eigenvalue weighted by atomic mass is 32.2. The van der Waals surface area contributed by atoms with Crippen molar-refractivity contribution in [1.82, 2.24) is 10.2 Å². The summed E-state index contributed by atoms with van der Waals surface area (Å²) in [6.07, 6.45) is 3.06. The molecule has 0 aromatic heterocycles. The maximum absolute atomic E-state index is 11.6. The quantitative estimate of drug-likeness (QED) is 0.825. The molecule has 1 unspecified atom stereocenters. The van der Waals surface area contributed by atoms with Gasteiger partial charge in [0.2, 0.25) is 5.91 Å². The SMILES string of the molecule is CCC1CN(CCNC(=O)CSC)Cc2cc(OC)ccc2O1. The average Bonchev–Trinajstić information content (AvgIpc) is 2.73. The molecule has 6 heteroatoms. The highest BCUT2D eigenvalue weighted by molar-refractivity contribution is 7.99. The van der Waals surface area contributed by atoms with Crippen LogP contribution in [0, 0.1) is 0 Å². The summed E-state index contributed by atoms with van der Waals surface area (Å²) in [4.78, 5) is 13.9. The lowest BCUT2D eigenvalue weighted by Crippen LogP contribution is -2.38. The number of benzene rings is 1. The first-order valence-corrected chi connectivity index (χ1v) is 9.37. The minimum absolute atomic E-state index is 0.0951. The van der Waals surface area contributed by atoms with Gasteiger partial charge in [-0.25, -0.2) is 0 Å². The van der Waals surface area contributed by atoms with Crippen LogP contribution in [0.1, 0.15) is 18.9 Å². The van der Waals surface area contributed by atoms with Crippen LogP contribution in [0.25, 0.3) is 0 Å². The zero-order valence-corrected chi connectivity index (χ0v) is 14.9. The van der Waals surface area contributed by atoms with Crippen LogP contribution in [-0.2, 0) is 11.3 Å². The Balaban J connectivity index is 2.00. The van der Waals surface area contributed by atoms with Crippen molar-refractivity contribution in [3.05, 3.63) is 23.8 Å². The van der Waals surface area contributed by atoms with Gasteiger partial charge in [0.25, 0.3) is 0 Å². The van der Waals surface area contributed by atoms with Gasteiger partial charge in [-0.3, -0.25) is 9.69 Å². The van der Waals surface area contributed by atoms with Gasteiger partial charge in [0.05, 0.1) is 12.9 Å². The zero-order valence-electron chi connectivity index (χ0n) is 14.1. The lowest BCUT2D eigenvalue weighted by Gasteiger charge is -2.23. The number of carbonyl (C=O) groups is 1. The fourth-order valence-corrected chi connectivity index (χ4v) is 3.01. The summed E-state index contributed by atoms with van der Waals surface area (Å²) >= 11 is 1.54. The summed E-state index contributed by atoms with van der Waals surface area (Å²) in [6.45, 7) is 5.29. The minimum atomic E-state index is 0.0951. The molecule has 0 aliphatic carbocycles. The maximum Gasteiger partial charge on any atom is 0.230 e. The molecule has 5 nitrogen and oxygen atoms in total. The summed E-state index contributed by atoms with van der Waals surface area (Å²) in [5.41, 5.74) is 1.13. The lowest BCUT2D eigenvalue weighted by molar-refractivity contribution is -0.118. The van der Waals surface area contributed by atoms with Gasteiger partial charge in [-0.05, 0) is 30.9 Å². The van der Waals surface area contributed by atoms with Gasteiger partial charge >= 0.3 is 0 Å². The molecule has 2 rings (SSSR count). The Bertz CT molecular complexity index is 525. The molecule has 1 amide bonds. The van der Waals surface area contributed by atoms with Crippen LogP contribution in [0.15, 0.2) is 18.2 Å². The Labute approximate surface area is 142 Å². The van der Waals surface area contributed by atoms with Crippen molar-refractivity contribution in [3.8, 4) is 11.5 Å². The molecule has 0 saturated heterocycles. The van der Waals surface area contributed by atoms with Gasteiger partial charge in [-0.1, -0.05) is 6.92 Å². The number of nitrogens with zero attached hydrogens (tertiary/aromatic N) is 1. The van der Waals surface area contributed by atoms with E-state index >= 15 is 0 Å². The second kappa shape index (κ2) is 9.03. The zero-order chi connectivity index (χ0) is 16.7. The Morgan fingerprint density at radius 3 is 3.04 bits per heavy atom. The topological polar surface area (TPSA) is 50.8 Å². The van der Waals surface area contributed by atoms with Gasteiger partial charge in [0.1, 0.15) is 17.6 Å². The minimum Gasteiger partial charge on any atom is -0.497 e. The number of ether oxygens (including phenoxy) is 2. The van der Waals surface area contributed by atoms with Gasteiger partial charge < -0.3 is 14.8 Å². The summed E-state index contributed by atoms with van der Waals surface area (Å²) in [5.74, 6) is 2.39. The van der Waals surface area contributed by atoms with E-state index in [0.717, 1.165) is 43.1 Å². The predicted molar refractivity (Wildman–Crippen MR) is 94.4 cm³/mol. The van der Waals surface area contributed by atoms with Crippen molar-refractivity contribution in [2.75, 3.05) is 38.8 Å². The predicted octanol–water partition coefficient (Wildman–Crippen LogP) is 2.15. The molecule has 1 aliphatic heterocycles. The maximum atomic E-state index is 11.6. The molecule has 0 spiro atoms. The number of methoxy groups -OCH3 is 1. The van der Waals surface area contributed by atoms with Gasteiger partial charge in [-0.2, -0.15) is 11.8 Å². The number of carbonyl (C=O) groups excluding carboxylic acids is 1.